The number of ether oxygens (including phenoxy) is 1. The van der Waals surface area contributed by atoms with Gasteiger partial charge in [-0.3, -0.25) is 0 Å². The number of phenols is 1. The van der Waals surface area contributed by atoms with Crippen LogP contribution in [0.2, 0.25) is 0 Å². The zero-order chi connectivity index (χ0) is 22.3. The smallest absolute Gasteiger partial charge is 0.744 e. The third kappa shape index (κ3) is 6.08. The molecule has 32 heavy (non-hydrogen) atoms. The summed E-state index contributed by atoms with van der Waals surface area (Å²) in [5, 5.41) is 18.6. The molecule has 10 nitrogen and oxygen atoms in total. The van der Waals surface area contributed by atoms with Crippen LogP contribution in [0.25, 0.3) is 10.8 Å². The van der Waals surface area contributed by atoms with Gasteiger partial charge in [0.15, 0.2) is 0 Å². The number of aryl methyl sites for hydroxylation is 1. The number of fused-ring (bicyclic) bond motifs is 1. The second-order valence-corrected chi connectivity index (χ2v) is 8.88. The van der Waals surface area contributed by atoms with Crippen molar-refractivity contribution in [3.05, 3.63) is 48.0 Å². The summed E-state index contributed by atoms with van der Waals surface area (Å²) in [5.41, 5.74) is 0.529. The van der Waals surface area contributed by atoms with Crippen molar-refractivity contribution in [3.8, 4) is 11.5 Å². The molecule has 0 radical (unpaired) electrons. The Morgan fingerprint density at radius 1 is 0.844 bits per heavy atom. The monoisotopic (exact) mass is 496 g/mol. The third-order valence-corrected chi connectivity index (χ3v) is 6.10. The van der Waals surface area contributed by atoms with Crippen molar-refractivity contribution in [3.63, 3.8) is 0 Å². The number of hydrogen-bond donors (Lipinski definition) is 1. The van der Waals surface area contributed by atoms with E-state index in [4.69, 9.17) is 4.74 Å². The van der Waals surface area contributed by atoms with E-state index in [1.54, 1.807) is 0 Å². The quantitative estimate of drug-likeness (QED) is 0.223. The van der Waals surface area contributed by atoms with Crippen molar-refractivity contribution in [1.82, 2.24) is 0 Å². The first-order chi connectivity index (χ1) is 13.9. The van der Waals surface area contributed by atoms with Gasteiger partial charge in [-0.05, 0) is 30.7 Å². The van der Waals surface area contributed by atoms with E-state index in [9.17, 15) is 31.0 Å². The molecule has 3 aromatic rings. The first kappa shape index (κ1) is 29.0. The van der Waals surface area contributed by atoms with Gasteiger partial charge in [0, 0.05) is 16.8 Å². The Hall–Kier alpha value is -1.06. The summed E-state index contributed by atoms with van der Waals surface area (Å²) in [6.07, 6.45) is 0. The first-order valence-electron chi connectivity index (χ1n) is 8.20. The van der Waals surface area contributed by atoms with Crippen LogP contribution in [0.5, 0.6) is 11.5 Å². The Kier molecular flexibility index (Phi) is 9.88. The number of benzene rings is 3. The van der Waals surface area contributed by atoms with Gasteiger partial charge in [0.1, 0.15) is 37.4 Å². The van der Waals surface area contributed by atoms with E-state index < -0.39 is 35.8 Å². The van der Waals surface area contributed by atoms with Crippen LogP contribution in [0.15, 0.2) is 62.5 Å². The summed E-state index contributed by atoms with van der Waals surface area (Å²) in [5.74, 6) is -0.695. The topological polar surface area (TPSA) is 169 Å². The number of aromatic hydroxyl groups is 1. The van der Waals surface area contributed by atoms with Crippen molar-refractivity contribution in [2.45, 2.75) is 16.7 Å². The van der Waals surface area contributed by atoms with Crippen molar-refractivity contribution in [1.29, 1.82) is 0 Å². The van der Waals surface area contributed by atoms with E-state index in [1.807, 2.05) is 0 Å². The van der Waals surface area contributed by atoms with E-state index in [0.29, 0.717) is 5.39 Å². The van der Waals surface area contributed by atoms with E-state index >= 15 is 0 Å². The molecule has 14 heteroatoms. The van der Waals surface area contributed by atoms with Gasteiger partial charge in [-0.15, -0.1) is 10.2 Å². The second-order valence-electron chi connectivity index (χ2n) is 6.18. The summed E-state index contributed by atoms with van der Waals surface area (Å²) < 4.78 is 72.9. The number of hydrogen-bond acceptors (Lipinski definition) is 10. The fourth-order valence-electron chi connectivity index (χ4n) is 2.87. The molecule has 0 aliphatic rings. The first-order valence-corrected chi connectivity index (χ1v) is 11.0. The summed E-state index contributed by atoms with van der Waals surface area (Å²) in [7, 11) is -8.30. The van der Waals surface area contributed by atoms with Crippen LogP contribution in [0.1, 0.15) is 5.56 Å². The summed E-state index contributed by atoms with van der Waals surface area (Å²) in [4.78, 5) is -1.20. The Balaban J connectivity index is 0.00000256. The van der Waals surface area contributed by atoms with Crippen molar-refractivity contribution in [2.24, 2.45) is 10.2 Å². The molecular formula is C18H14N2Na2O8S2. The molecule has 3 aromatic carbocycles. The van der Waals surface area contributed by atoms with Crippen LogP contribution < -0.4 is 63.9 Å². The number of rotatable bonds is 5. The minimum Gasteiger partial charge on any atom is -0.744 e. The van der Waals surface area contributed by atoms with Gasteiger partial charge in [0.2, 0.25) is 0 Å². The maximum absolute atomic E-state index is 11.3. The molecule has 0 saturated carbocycles. The maximum atomic E-state index is 11.3. The Morgan fingerprint density at radius 3 is 2.00 bits per heavy atom. The van der Waals surface area contributed by atoms with Gasteiger partial charge in [-0.25, -0.2) is 16.8 Å². The SMILES string of the molecule is COc1cc(S(=O)(=O)[O-])c(C)cc1N=Nc1cccc2c(O)c(S(=O)(=O)[O-])ccc12.[Na+].[Na+]. The predicted octanol–water partition coefficient (Wildman–Crippen LogP) is -2.91. The minimum absolute atomic E-state index is 0. The molecule has 0 aromatic heterocycles. The number of phenolic OH excluding ortho intramolecular Hbond substituents is 1. The molecule has 0 saturated heterocycles. The molecule has 0 unspecified atom stereocenters. The van der Waals surface area contributed by atoms with Gasteiger partial charge >= 0.3 is 59.1 Å². The van der Waals surface area contributed by atoms with Crippen molar-refractivity contribution < 1.29 is 94.9 Å². The minimum atomic E-state index is -4.87. The normalized spacial score (nSPS) is 11.8. The molecule has 0 atom stereocenters. The number of nitrogens with zero attached hydrogens (tertiary/aromatic N) is 2. The maximum Gasteiger partial charge on any atom is 1.00 e. The molecule has 0 spiro atoms. The van der Waals surface area contributed by atoms with Gasteiger partial charge in [-0.2, -0.15) is 0 Å². The molecular weight excluding hydrogens is 482 g/mol. The summed E-state index contributed by atoms with van der Waals surface area (Å²) in [6.45, 7) is 1.42. The van der Waals surface area contributed by atoms with Gasteiger partial charge in [0.05, 0.1) is 22.6 Å². The average Bonchev–Trinajstić information content (AvgIpc) is 2.64. The fourth-order valence-corrected chi connectivity index (χ4v) is 4.15. The van der Waals surface area contributed by atoms with E-state index in [0.717, 1.165) is 12.1 Å². The Morgan fingerprint density at radius 2 is 1.44 bits per heavy atom. The van der Waals surface area contributed by atoms with Crippen LogP contribution in [0.4, 0.5) is 11.4 Å². The molecule has 1 N–H and O–H groups in total. The predicted molar refractivity (Wildman–Crippen MR) is 103 cm³/mol. The molecule has 0 aliphatic heterocycles. The molecule has 0 aliphatic carbocycles. The number of methoxy groups -OCH3 is 1. The average molecular weight is 496 g/mol. The van der Waals surface area contributed by atoms with Crippen LogP contribution in [0, 0.1) is 6.92 Å². The van der Waals surface area contributed by atoms with Crippen LogP contribution in [-0.2, 0) is 20.2 Å². The van der Waals surface area contributed by atoms with Gasteiger partial charge < -0.3 is 18.9 Å². The molecule has 0 amide bonds. The van der Waals surface area contributed by atoms with Crippen LogP contribution in [-0.4, -0.2) is 38.2 Å². The largest absolute Gasteiger partial charge is 1.00 e. The van der Waals surface area contributed by atoms with Gasteiger partial charge in [-0.1, -0.05) is 18.2 Å². The van der Waals surface area contributed by atoms with E-state index in [-0.39, 0.29) is 87.2 Å². The fraction of sp³-hybridized carbons (Fsp3) is 0.111. The summed E-state index contributed by atoms with van der Waals surface area (Å²) in [6, 6.07) is 9.07. The van der Waals surface area contributed by atoms with Crippen LogP contribution in [0.3, 0.4) is 0 Å². The molecule has 158 valence electrons. The molecule has 3 rings (SSSR count). The van der Waals surface area contributed by atoms with Crippen molar-refractivity contribution in [2.75, 3.05) is 7.11 Å². The Bertz CT molecular complexity index is 1410. The second kappa shape index (κ2) is 10.9. The molecule has 0 fully saturated rings. The van der Waals surface area contributed by atoms with E-state index in [1.165, 1.54) is 44.4 Å². The third-order valence-electron chi connectivity index (χ3n) is 4.25. The Labute approximate surface area is 228 Å². The standard InChI is InChI=1S/C18H16N2O8S2.2Na/c1-10-8-14(15(28-2)9-17(10)30(25,26)27)20-19-13-5-3-4-12-11(13)6-7-16(18(12)21)29(22,23)24;;/h3-9,21H,1-2H3,(H,22,23,24)(H,25,26,27);;/q;2*+1/p-2. The zero-order valence-corrected chi connectivity index (χ0v) is 23.2. The van der Waals surface area contributed by atoms with Gasteiger partial charge in [0.25, 0.3) is 0 Å². The van der Waals surface area contributed by atoms with E-state index in [2.05, 4.69) is 10.2 Å². The zero-order valence-electron chi connectivity index (χ0n) is 17.6. The summed E-state index contributed by atoms with van der Waals surface area (Å²) >= 11 is 0. The van der Waals surface area contributed by atoms with Crippen LogP contribution >= 0.6 is 0 Å². The van der Waals surface area contributed by atoms with Crippen molar-refractivity contribution >= 4 is 42.4 Å². The molecule has 0 heterocycles. The molecule has 0 bridgehead atoms. The number of azo groups is 1.